The van der Waals surface area contributed by atoms with Crippen LogP contribution >= 0.6 is 11.3 Å². The average Bonchev–Trinajstić information content (AvgIpc) is 3.32. The summed E-state index contributed by atoms with van der Waals surface area (Å²) in [6, 6.07) is 13.9. The average molecular weight is 368 g/mol. The van der Waals surface area contributed by atoms with E-state index < -0.39 is 0 Å². The van der Waals surface area contributed by atoms with Crippen LogP contribution in [0.5, 0.6) is 5.75 Å². The van der Waals surface area contributed by atoms with Crippen LogP contribution in [0.4, 0.5) is 0 Å². The van der Waals surface area contributed by atoms with Gasteiger partial charge in [-0.3, -0.25) is 10.1 Å². The summed E-state index contributed by atoms with van der Waals surface area (Å²) >= 11 is 1.62. The number of amides is 1. The molecule has 0 spiro atoms. The zero-order valence-electron chi connectivity index (χ0n) is 14.4. The molecule has 1 aliphatic rings. The highest BCUT2D eigenvalue weighted by Gasteiger charge is 2.27. The van der Waals surface area contributed by atoms with Gasteiger partial charge in [0, 0.05) is 6.54 Å². The zero-order valence-corrected chi connectivity index (χ0v) is 15.3. The molecule has 2 N–H and O–H groups in total. The van der Waals surface area contributed by atoms with E-state index >= 15 is 0 Å². The lowest BCUT2D eigenvalue weighted by Crippen LogP contribution is -2.45. The van der Waals surface area contributed by atoms with Gasteiger partial charge < -0.3 is 10.1 Å². The number of thiophene rings is 1. The molecule has 0 aliphatic carbocycles. The lowest BCUT2D eigenvalue weighted by molar-refractivity contribution is 0.0900. The van der Waals surface area contributed by atoms with Crippen LogP contribution in [-0.4, -0.2) is 28.8 Å². The third-order valence-electron chi connectivity index (χ3n) is 4.24. The van der Waals surface area contributed by atoms with Crippen LogP contribution in [0.2, 0.25) is 0 Å². The van der Waals surface area contributed by atoms with Gasteiger partial charge in [0.1, 0.15) is 23.3 Å². The molecule has 1 atom stereocenters. The Bertz CT molecular complexity index is 904. The highest BCUT2D eigenvalue weighted by atomic mass is 32.1. The summed E-state index contributed by atoms with van der Waals surface area (Å²) < 4.78 is 7.34. The summed E-state index contributed by atoms with van der Waals surface area (Å²) in [5.74, 6) is 0.778. The number of hydrogen-bond donors (Lipinski definition) is 2. The highest BCUT2D eigenvalue weighted by Crippen LogP contribution is 2.26. The molecule has 3 aromatic rings. The first-order chi connectivity index (χ1) is 12.7. The lowest BCUT2D eigenvalue weighted by atomic mass is 10.2. The van der Waals surface area contributed by atoms with Gasteiger partial charge in [0.05, 0.1) is 18.0 Å². The fraction of sp³-hybridized carbons (Fsp3) is 0.263. The number of nitrogens with zero attached hydrogens (tertiary/aromatic N) is 2. The van der Waals surface area contributed by atoms with Crippen LogP contribution in [0.3, 0.4) is 0 Å². The van der Waals surface area contributed by atoms with Crippen molar-refractivity contribution in [3.05, 3.63) is 59.1 Å². The first-order valence-electron chi connectivity index (χ1n) is 8.61. The Morgan fingerprint density at radius 2 is 2.27 bits per heavy atom. The Balaban J connectivity index is 1.53. The number of carbonyl (C=O) groups is 1. The first-order valence-corrected chi connectivity index (χ1v) is 9.49. The SMILES string of the molecule is CCOc1cccc(CNC2CNC(=O)c3cc(-c4cccs4)nn32)c1. The molecule has 2 aromatic heterocycles. The van der Waals surface area contributed by atoms with E-state index in [-0.39, 0.29) is 12.1 Å². The standard InChI is InChI=1S/C19H20N4O2S/c1-2-25-14-6-3-5-13(9-14)11-20-18-12-21-19(24)16-10-15(22-23(16)18)17-7-4-8-26-17/h3-10,18,20H,2,11-12H2,1H3,(H,21,24). The van der Waals surface area contributed by atoms with Gasteiger partial charge in [-0.05, 0) is 42.1 Å². The van der Waals surface area contributed by atoms with Gasteiger partial charge in [-0.25, -0.2) is 4.68 Å². The van der Waals surface area contributed by atoms with Crippen LogP contribution in [0.15, 0.2) is 47.8 Å². The van der Waals surface area contributed by atoms with Gasteiger partial charge in [0.25, 0.3) is 5.91 Å². The van der Waals surface area contributed by atoms with E-state index in [2.05, 4.69) is 21.8 Å². The molecular weight excluding hydrogens is 348 g/mol. The number of rotatable bonds is 6. The molecule has 134 valence electrons. The number of aromatic nitrogens is 2. The lowest BCUT2D eigenvalue weighted by Gasteiger charge is -2.25. The molecule has 26 heavy (non-hydrogen) atoms. The molecule has 6 nitrogen and oxygen atoms in total. The van der Waals surface area contributed by atoms with Crippen molar-refractivity contribution in [2.24, 2.45) is 0 Å². The maximum atomic E-state index is 12.2. The second kappa shape index (κ2) is 7.31. The monoisotopic (exact) mass is 368 g/mol. The van der Waals surface area contributed by atoms with Crippen molar-refractivity contribution in [3.63, 3.8) is 0 Å². The third kappa shape index (κ3) is 3.36. The van der Waals surface area contributed by atoms with Crippen LogP contribution in [0.25, 0.3) is 10.6 Å². The van der Waals surface area contributed by atoms with Crippen LogP contribution < -0.4 is 15.4 Å². The van der Waals surface area contributed by atoms with Gasteiger partial charge in [0.15, 0.2) is 0 Å². The molecule has 7 heteroatoms. The third-order valence-corrected chi connectivity index (χ3v) is 5.14. The van der Waals surface area contributed by atoms with E-state index in [9.17, 15) is 4.79 Å². The molecule has 0 saturated heterocycles. The number of hydrogen-bond acceptors (Lipinski definition) is 5. The van der Waals surface area contributed by atoms with Crippen molar-refractivity contribution in [2.75, 3.05) is 13.2 Å². The van der Waals surface area contributed by atoms with E-state index in [0.717, 1.165) is 21.9 Å². The van der Waals surface area contributed by atoms with E-state index in [1.807, 2.05) is 48.7 Å². The Morgan fingerprint density at radius 3 is 3.08 bits per heavy atom. The number of nitrogens with one attached hydrogen (secondary N) is 2. The van der Waals surface area contributed by atoms with E-state index in [1.54, 1.807) is 16.0 Å². The van der Waals surface area contributed by atoms with Gasteiger partial charge in [-0.1, -0.05) is 18.2 Å². The molecule has 1 aliphatic heterocycles. The molecule has 1 unspecified atom stereocenters. The maximum absolute atomic E-state index is 12.2. The molecule has 3 heterocycles. The fourth-order valence-corrected chi connectivity index (χ4v) is 3.70. The zero-order chi connectivity index (χ0) is 17.9. The predicted octanol–water partition coefficient (Wildman–Crippen LogP) is 3.04. The van der Waals surface area contributed by atoms with Gasteiger partial charge in [0.2, 0.25) is 0 Å². The molecule has 1 amide bonds. The Kier molecular flexibility index (Phi) is 4.73. The van der Waals surface area contributed by atoms with E-state index in [1.165, 1.54) is 0 Å². The largest absolute Gasteiger partial charge is 0.494 e. The minimum Gasteiger partial charge on any atom is -0.494 e. The number of ether oxygens (including phenoxy) is 1. The van der Waals surface area contributed by atoms with Gasteiger partial charge >= 0.3 is 0 Å². The molecule has 4 rings (SSSR count). The van der Waals surface area contributed by atoms with Crippen molar-refractivity contribution >= 4 is 17.2 Å². The number of carbonyl (C=O) groups excluding carboxylic acids is 1. The summed E-state index contributed by atoms with van der Waals surface area (Å²) in [4.78, 5) is 13.3. The first kappa shape index (κ1) is 16.8. The highest BCUT2D eigenvalue weighted by molar-refractivity contribution is 7.13. The van der Waals surface area contributed by atoms with Crippen molar-refractivity contribution < 1.29 is 9.53 Å². The quantitative estimate of drug-likeness (QED) is 0.702. The summed E-state index contributed by atoms with van der Waals surface area (Å²) in [7, 11) is 0. The molecule has 1 aromatic carbocycles. The van der Waals surface area contributed by atoms with Crippen LogP contribution in [0.1, 0.15) is 29.1 Å². The van der Waals surface area contributed by atoms with Crippen molar-refractivity contribution in [3.8, 4) is 16.3 Å². The minimum absolute atomic E-state index is 0.0864. The number of benzene rings is 1. The molecule has 0 fully saturated rings. The smallest absolute Gasteiger partial charge is 0.269 e. The molecule has 0 bridgehead atoms. The fourth-order valence-electron chi connectivity index (χ4n) is 3.02. The van der Waals surface area contributed by atoms with Crippen molar-refractivity contribution in [2.45, 2.75) is 19.6 Å². The second-order valence-electron chi connectivity index (χ2n) is 6.02. The summed E-state index contributed by atoms with van der Waals surface area (Å²) in [6.45, 7) is 3.78. The van der Waals surface area contributed by atoms with Crippen LogP contribution in [-0.2, 0) is 6.54 Å². The molecular formula is C19H20N4O2S. The summed E-state index contributed by atoms with van der Waals surface area (Å²) in [6.07, 6.45) is -0.0906. The van der Waals surface area contributed by atoms with Gasteiger partial charge in [-0.15, -0.1) is 11.3 Å². The Morgan fingerprint density at radius 1 is 1.35 bits per heavy atom. The normalized spacial score (nSPS) is 16.2. The predicted molar refractivity (Wildman–Crippen MR) is 101 cm³/mol. The summed E-state index contributed by atoms with van der Waals surface area (Å²) in [5.41, 5.74) is 2.54. The van der Waals surface area contributed by atoms with E-state index in [4.69, 9.17) is 4.74 Å². The Labute approximate surface area is 155 Å². The minimum atomic E-state index is -0.0906. The second-order valence-corrected chi connectivity index (χ2v) is 6.97. The molecule has 0 saturated carbocycles. The van der Waals surface area contributed by atoms with E-state index in [0.29, 0.717) is 25.4 Å². The number of fused-ring (bicyclic) bond motifs is 1. The maximum Gasteiger partial charge on any atom is 0.269 e. The van der Waals surface area contributed by atoms with Gasteiger partial charge in [-0.2, -0.15) is 5.10 Å². The topological polar surface area (TPSA) is 68.2 Å². The van der Waals surface area contributed by atoms with Crippen molar-refractivity contribution in [1.82, 2.24) is 20.4 Å². The molecule has 0 radical (unpaired) electrons. The van der Waals surface area contributed by atoms with Crippen LogP contribution in [0, 0.1) is 0 Å². The van der Waals surface area contributed by atoms with Crippen molar-refractivity contribution in [1.29, 1.82) is 0 Å². The summed E-state index contributed by atoms with van der Waals surface area (Å²) in [5, 5.41) is 13.1. The Hall–Kier alpha value is -2.64.